The molecule has 0 aromatic heterocycles. The van der Waals surface area contributed by atoms with Crippen LogP contribution >= 0.6 is 17.6 Å². The van der Waals surface area contributed by atoms with Gasteiger partial charge in [-0.05, 0) is 11.1 Å². The highest BCUT2D eigenvalue weighted by Gasteiger charge is 2.40. The van der Waals surface area contributed by atoms with E-state index in [2.05, 4.69) is 99.9 Å². The fourth-order valence-electron chi connectivity index (χ4n) is 3.48. The molecule has 2 rings (SSSR count). The highest BCUT2D eigenvalue weighted by Crippen LogP contribution is 2.71. The van der Waals surface area contributed by atoms with E-state index in [1.165, 1.54) is 11.1 Å². The Labute approximate surface area is 160 Å². The molecule has 2 unspecified atom stereocenters. The second-order valence-corrected chi connectivity index (χ2v) is 23.8. The minimum absolute atomic E-state index is 0.384. The van der Waals surface area contributed by atoms with Crippen LogP contribution in [-0.4, -0.2) is 16.3 Å². The molecule has 0 spiro atoms. The lowest BCUT2D eigenvalue weighted by atomic mass is 10.2. The second kappa shape index (κ2) is 7.96. The standard InChI is InChI=1S/C20H31ClNPSi2/c1-24(2,3)20(19-15-11-8-12-16-19)23(21,22-25(4,5)6)17-18-13-9-7-10-14-18/h7-16,20H,17H2,1-6H3. The van der Waals surface area contributed by atoms with E-state index in [1.807, 2.05) is 0 Å². The van der Waals surface area contributed by atoms with Crippen LogP contribution in [-0.2, 0) is 6.16 Å². The van der Waals surface area contributed by atoms with Crippen molar-refractivity contribution in [3.8, 4) is 0 Å². The third-order valence-corrected chi connectivity index (χ3v) is 17.4. The molecule has 0 fully saturated rings. The van der Waals surface area contributed by atoms with Gasteiger partial charge in [-0.25, -0.2) is 0 Å². The van der Waals surface area contributed by atoms with E-state index >= 15 is 0 Å². The van der Waals surface area contributed by atoms with Crippen LogP contribution in [0.3, 0.4) is 0 Å². The molecule has 1 nitrogen and oxygen atoms in total. The van der Waals surface area contributed by atoms with Gasteiger partial charge in [0.15, 0.2) is 8.24 Å². The first-order valence-electron chi connectivity index (χ1n) is 8.92. The fourth-order valence-corrected chi connectivity index (χ4v) is 21.9. The van der Waals surface area contributed by atoms with Gasteiger partial charge >= 0.3 is 0 Å². The highest BCUT2D eigenvalue weighted by molar-refractivity contribution is 7.92. The molecular weight excluding hydrogens is 377 g/mol. The first kappa shape index (κ1) is 20.7. The number of benzene rings is 2. The summed E-state index contributed by atoms with van der Waals surface area (Å²) in [6.45, 7) is 14.2. The quantitative estimate of drug-likeness (QED) is 0.339. The maximum absolute atomic E-state index is 7.56. The molecule has 5 heteroatoms. The van der Waals surface area contributed by atoms with Crippen LogP contribution in [0.25, 0.3) is 0 Å². The lowest BCUT2D eigenvalue weighted by Crippen LogP contribution is -2.31. The lowest BCUT2D eigenvalue weighted by Gasteiger charge is -2.38. The van der Waals surface area contributed by atoms with E-state index in [4.69, 9.17) is 15.7 Å². The SMILES string of the molecule is C[Si](C)(C)N=P(Cl)(Cc1ccccc1)C(c1ccccc1)[Si](C)(C)C. The van der Waals surface area contributed by atoms with Crippen LogP contribution in [0.2, 0.25) is 39.3 Å². The van der Waals surface area contributed by atoms with Gasteiger partial charge in [-0.15, -0.1) is 0 Å². The summed E-state index contributed by atoms with van der Waals surface area (Å²) in [6.07, 6.45) is -1.15. The van der Waals surface area contributed by atoms with Crippen molar-refractivity contribution in [3.63, 3.8) is 0 Å². The zero-order valence-electron chi connectivity index (χ0n) is 16.3. The summed E-state index contributed by atoms with van der Waals surface area (Å²) in [6, 6.07) is 21.6. The van der Waals surface area contributed by atoms with Crippen molar-refractivity contribution in [1.82, 2.24) is 0 Å². The van der Waals surface area contributed by atoms with E-state index in [-0.39, 0.29) is 0 Å². The summed E-state index contributed by atoms with van der Waals surface area (Å²) >= 11 is 7.56. The molecule has 0 saturated carbocycles. The third-order valence-electron chi connectivity index (χ3n) is 4.04. The summed E-state index contributed by atoms with van der Waals surface area (Å²) in [5.74, 6) is 0. The van der Waals surface area contributed by atoms with E-state index < -0.39 is 22.7 Å². The fraction of sp³-hybridized carbons (Fsp3) is 0.400. The molecule has 0 N–H and O–H groups in total. The molecule has 25 heavy (non-hydrogen) atoms. The van der Waals surface area contributed by atoms with Crippen molar-refractivity contribution in [2.24, 2.45) is 4.41 Å². The third kappa shape index (κ3) is 5.96. The van der Waals surface area contributed by atoms with Crippen molar-refractivity contribution in [3.05, 3.63) is 71.8 Å². The van der Waals surface area contributed by atoms with Crippen LogP contribution in [0.4, 0.5) is 0 Å². The Hall–Kier alpha value is -0.606. The summed E-state index contributed by atoms with van der Waals surface area (Å²) in [5, 5.41) is 0.384. The highest BCUT2D eigenvalue weighted by atomic mass is 35.7. The van der Waals surface area contributed by atoms with E-state index in [1.54, 1.807) is 0 Å². The Morgan fingerprint density at radius 1 is 0.840 bits per heavy atom. The van der Waals surface area contributed by atoms with Gasteiger partial charge in [0.25, 0.3) is 0 Å². The van der Waals surface area contributed by atoms with Gasteiger partial charge in [0.2, 0.25) is 0 Å². The summed E-state index contributed by atoms with van der Waals surface area (Å²) in [5.41, 5.74) is 2.69. The van der Waals surface area contributed by atoms with Gasteiger partial charge in [0.05, 0.1) is 14.5 Å². The lowest BCUT2D eigenvalue weighted by molar-refractivity contribution is 1.22. The molecule has 0 amide bonds. The van der Waals surface area contributed by atoms with Crippen molar-refractivity contribution < 1.29 is 0 Å². The first-order valence-corrected chi connectivity index (χ1v) is 18.8. The largest absolute Gasteiger partial charge is 0.323 e. The molecule has 0 radical (unpaired) electrons. The molecule has 0 aliphatic carbocycles. The van der Waals surface area contributed by atoms with Crippen LogP contribution in [0.15, 0.2) is 65.1 Å². The van der Waals surface area contributed by atoms with Crippen molar-refractivity contribution in [1.29, 1.82) is 0 Å². The van der Waals surface area contributed by atoms with Crippen molar-refractivity contribution >= 4 is 34.0 Å². The Balaban J connectivity index is 2.65. The minimum Gasteiger partial charge on any atom is -0.323 e. The van der Waals surface area contributed by atoms with Gasteiger partial charge in [-0.3, -0.25) is 0 Å². The van der Waals surface area contributed by atoms with Gasteiger partial charge in [0, 0.05) is 11.4 Å². The Morgan fingerprint density at radius 2 is 1.32 bits per heavy atom. The number of halogens is 1. The van der Waals surface area contributed by atoms with Crippen LogP contribution in [0.5, 0.6) is 0 Å². The van der Waals surface area contributed by atoms with Gasteiger partial charge in [0.1, 0.15) is 0 Å². The summed E-state index contributed by atoms with van der Waals surface area (Å²) in [4.78, 5) is 0. The molecule has 0 aliphatic heterocycles. The zero-order valence-corrected chi connectivity index (χ0v) is 20.0. The van der Waals surface area contributed by atoms with Crippen molar-refractivity contribution in [2.45, 2.75) is 50.7 Å². The maximum Gasteiger partial charge on any atom is 0.172 e. The van der Waals surface area contributed by atoms with Crippen LogP contribution < -0.4 is 0 Å². The van der Waals surface area contributed by atoms with Crippen LogP contribution in [0.1, 0.15) is 16.4 Å². The number of rotatable bonds is 6. The number of nitrogens with zero attached hydrogens (tertiary/aromatic N) is 1. The summed E-state index contributed by atoms with van der Waals surface area (Å²) in [7, 11) is -3.23. The molecule has 0 bridgehead atoms. The molecule has 0 saturated heterocycles. The Bertz CT molecular complexity index is 734. The Kier molecular flexibility index (Phi) is 6.59. The number of hydrogen-bond donors (Lipinski definition) is 0. The molecule has 2 aromatic rings. The average molecular weight is 408 g/mol. The first-order chi connectivity index (χ1) is 11.5. The minimum atomic E-state index is -2.05. The summed E-state index contributed by atoms with van der Waals surface area (Å²) < 4.78 is 5.43. The van der Waals surface area contributed by atoms with E-state index in [9.17, 15) is 0 Å². The van der Waals surface area contributed by atoms with E-state index in [0.717, 1.165) is 6.16 Å². The molecule has 2 aromatic carbocycles. The molecule has 0 aliphatic rings. The Morgan fingerprint density at radius 3 is 1.76 bits per heavy atom. The normalized spacial score (nSPS) is 16.1. The molecule has 2 atom stereocenters. The zero-order chi connectivity index (χ0) is 18.7. The topological polar surface area (TPSA) is 12.4 Å². The maximum atomic E-state index is 7.56. The smallest absolute Gasteiger partial charge is 0.172 e. The average Bonchev–Trinajstić information content (AvgIpc) is 2.45. The van der Waals surface area contributed by atoms with Gasteiger partial charge in [-0.1, -0.05) is 111 Å². The van der Waals surface area contributed by atoms with E-state index in [0.29, 0.717) is 5.28 Å². The van der Waals surface area contributed by atoms with Gasteiger partial charge < -0.3 is 4.41 Å². The van der Waals surface area contributed by atoms with Crippen LogP contribution in [0, 0.1) is 0 Å². The molecule has 136 valence electrons. The molecule has 0 heterocycles. The monoisotopic (exact) mass is 407 g/mol. The predicted molar refractivity (Wildman–Crippen MR) is 121 cm³/mol. The predicted octanol–water partition coefficient (Wildman–Crippen LogP) is 8.00. The number of hydrogen-bond acceptors (Lipinski definition) is 1. The van der Waals surface area contributed by atoms with Gasteiger partial charge in [-0.2, -0.15) is 0 Å². The molecular formula is C20H31ClNPSi2. The second-order valence-electron chi connectivity index (χ2n) is 8.83. The van der Waals surface area contributed by atoms with Crippen molar-refractivity contribution in [2.75, 3.05) is 0 Å².